The average molecular weight is 273 g/mol. The van der Waals surface area contributed by atoms with Crippen LogP contribution in [0.15, 0.2) is 47.3 Å². The summed E-state index contributed by atoms with van der Waals surface area (Å²) in [5.74, 6) is 0. The smallest absolute Gasteiger partial charge is 0.182 e. The predicted octanol–water partition coefficient (Wildman–Crippen LogP) is 3.88. The van der Waals surface area contributed by atoms with E-state index in [4.69, 9.17) is 0 Å². The molecule has 0 aliphatic carbocycles. The Morgan fingerprint density at radius 3 is 2.78 bits per heavy atom. The van der Waals surface area contributed by atoms with Gasteiger partial charge in [-0.2, -0.15) is 0 Å². The van der Waals surface area contributed by atoms with Crippen molar-refractivity contribution in [2.45, 2.75) is 6.54 Å². The van der Waals surface area contributed by atoms with E-state index < -0.39 is 0 Å². The number of nitrogens with zero attached hydrogens (tertiary/aromatic N) is 2. The van der Waals surface area contributed by atoms with Crippen molar-refractivity contribution in [2.24, 2.45) is 0 Å². The first-order chi connectivity index (χ1) is 8.92. The van der Waals surface area contributed by atoms with Crippen molar-refractivity contribution in [3.8, 4) is 11.3 Å². The van der Waals surface area contributed by atoms with E-state index in [2.05, 4.69) is 32.8 Å². The molecular weight excluding hydrogens is 262 g/mol. The maximum absolute atomic E-state index is 4.61. The van der Waals surface area contributed by atoms with Gasteiger partial charge in [-0.15, -0.1) is 22.7 Å². The van der Waals surface area contributed by atoms with Crippen molar-refractivity contribution in [2.75, 3.05) is 5.32 Å². The summed E-state index contributed by atoms with van der Waals surface area (Å²) < 4.78 is 0. The minimum Gasteiger partial charge on any atom is -0.355 e. The molecule has 0 fully saturated rings. The van der Waals surface area contributed by atoms with Crippen molar-refractivity contribution < 1.29 is 0 Å². The average Bonchev–Trinajstić information content (AvgIpc) is 3.09. The van der Waals surface area contributed by atoms with Gasteiger partial charge in [0.1, 0.15) is 5.01 Å². The topological polar surface area (TPSA) is 37.8 Å². The van der Waals surface area contributed by atoms with Crippen molar-refractivity contribution in [1.29, 1.82) is 0 Å². The van der Waals surface area contributed by atoms with Gasteiger partial charge in [-0.1, -0.05) is 30.3 Å². The summed E-state index contributed by atoms with van der Waals surface area (Å²) in [6.07, 6.45) is 1.80. The zero-order valence-electron chi connectivity index (χ0n) is 9.54. The number of hydrogen-bond donors (Lipinski definition) is 1. The van der Waals surface area contributed by atoms with Crippen molar-refractivity contribution >= 4 is 27.8 Å². The lowest BCUT2D eigenvalue weighted by Crippen LogP contribution is -1.97. The van der Waals surface area contributed by atoms with Crippen LogP contribution in [-0.4, -0.2) is 9.97 Å². The first-order valence-corrected chi connectivity index (χ1v) is 7.31. The summed E-state index contributed by atoms with van der Waals surface area (Å²) in [5.41, 5.74) is 2.20. The molecule has 0 unspecified atom stereocenters. The van der Waals surface area contributed by atoms with E-state index >= 15 is 0 Å². The molecule has 90 valence electrons. The van der Waals surface area contributed by atoms with Crippen LogP contribution in [0, 0.1) is 0 Å². The number of rotatable bonds is 4. The predicted molar refractivity (Wildman–Crippen MR) is 77.0 cm³/mol. The van der Waals surface area contributed by atoms with Crippen molar-refractivity contribution in [1.82, 2.24) is 9.97 Å². The highest BCUT2D eigenvalue weighted by molar-refractivity contribution is 7.13. The number of nitrogens with one attached hydrogen (secondary N) is 1. The maximum atomic E-state index is 4.61. The molecule has 3 nitrogen and oxygen atoms in total. The lowest BCUT2D eigenvalue weighted by atomic mass is 10.2. The maximum Gasteiger partial charge on any atom is 0.182 e. The van der Waals surface area contributed by atoms with E-state index in [0.717, 1.165) is 27.9 Å². The van der Waals surface area contributed by atoms with Crippen LogP contribution in [0.4, 0.5) is 5.13 Å². The van der Waals surface area contributed by atoms with Gasteiger partial charge in [-0.25, -0.2) is 9.97 Å². The van der Waals surface area contributed by atoms with Gasteiger partial charge in [0.15, 0.2) is 5.13 Å². The number of aromatic nitrogens is 2. The molecule has 2 aromatic heterocycles. The zero-order valence-corrected chi connectivity index (χ0v) is 11.2. The van der Waals surface area contributed by atoms with Gasteiger partial charge in [0, 0.05) is 22.5 Å². The van der Waals surface area contributed by atoms with Crippen LogP contribution < -0.4 is 5.32 Å². The van der Waals surface area contributed by atoms with Gasteiger partial charge in [0.25, 0.3) is 0 Å². The Labute approximate surface area is 113 Å². The molecule has 1 aromatic carbocycles. The Bertz CT molecular complexity index is 602. The Hall–Kier alpha value is -1.72. The second kappa shape index (κ2) is 5.29. The molecule has 0 atom stereocenters. The standard InChI is InChI=1S/C13H11N3S2/c1-2-4-10(5-3-1)11-9-18-12(16-11)8-15-13-14-6-7-17-13/h1-7,9H,8H2,(H,14,15). The van der Waals surface area contributed by atoms with E-state index in [1.165, 1.54) is 0 Å². The molecule has 5 heteroatoms. The zero-order chi connectivity index (χ0) is 12.2. The van der Waals surface area contributed by atoms with Gasteiger partial charge in [-0.05, 0) is 0 Å². The minimum atomic E-state index is 0.727. The van der Waals surface area contributed by atoms with Crippen LogP contribution in [0.1, 0.15) is 5.01 Å². The van der Waals surface area contributed by atoms with E-state index in [1.807, 2.05) is 23.6 Å². The molecule has 0 aliphatic rings. The third-order valence-corrected chi connectivity index (χ3v) is 4.02. The normalized spacial score (nSPS) is 10.4. The minimum absolute atomic E-state index is 0.727. The lowest BCUT2D eigenvalue weighted by Gasteiger charge is -1.98. The van der Waals surface area contributed by atoms with Crippen LogP contribution >= 0.6 is 22.7 Å². The van der Waals surface area contributed by atoms with E-state index in [-0.39, 0.29) is 0 Å². The Morgan fingerprint density at radius 2 is 2.00 bits per heavy atom. The third-order valence-electron chi connectivity index (χ3n) is 2.44. The molecule has 0 saturated heterocycles. The number of anilines is 1. The van der Waals surface area contributed by atoms with Gasteiger partial charge in [0.05, 0.1) is 12.2 Å². The lowest BCUT2D eigenvalue weighted by molar-refractivity contribution is 1.10. The molecule has 18 heavy (non-hydrogen) atoms. The fourth-order valence-corrected chi connectivity index (χ4v) is 2.87. The largest absolute Gasteiger partial charge is 0.355 e. The summed E-state index contributed by atoms with van der Waals surface area (Å²) in [4.78, 5) is 8.79. The monoisotopic (exact) mass is 273 g/mol. The van der Waals surface area contributed by atoms with Gasteiger partial charge in [-0.3, -0.25) is 0 Å². The van der Waals surface area contributed by atoms with Crippen LogP contribution in [0.3, 0.4) is 0 Å². The molecular formula is C13H11N3S2. The van der Waals surface area contributed by atoms with Crippen LogP contribution in [0.2, 0.25) is 0 Å². The first kappa shape index (κ1) is 11.4. The van der Waals surface area contributed by atoms with Crippen molar-refractivity contribution in [3.05, 3.63) is 52.3 Å². The van der Waals surface area contributed by atoms with Gasteiger partial charge in [0.2, 0.25) is 0 Å². The summed E-state index contributed by atoms with van der Waals surface area (Å²) >= 11 is 3.27. The highest BCUT2D eigenvalue weighted by Gasteiger charge is 2.04. The van der Waals surface area contributed by atoms with E-state index in [1.54, 1.807) is 28.9 Å². The van der Waals surface area contributed by atoms with Crippen LogP contribution in [0.25, 0.3) is 11.3 Å². The Morgan fingerprint density at radius 1 is 1.11 bits per heavy atom. The van der Waals surface area contributed by atoms with E-state index in [9.17, 15) is 0 Å². The van der Waals surface area contributed by atoms with Crippen LogP contribution in [-0.2, 0) is 6.54 Å². The molecule has 3 rings (SSSR count). The number of hydrogen-bond acceptors (Lipinski definition) is 5. The molecule has 0 spiro atoms. The fraction of sp³-hybridized carbons (Fsp3) is 0.0769. The molecule has 0 aliphatic heterocycles. The molecule has 0 saturated carbocycles. The highest BCUT2D eigenvalue weighted by atomic mass is 32.1. The highest BCUT2D eigenvalue weighted by Crippen LogP contribution is 2.22. The molecule has 2 heterocycles. The number of thiazole rings is 2. The molecule has 3 aromatic rings. The molecule has 0 bridgehead atoms. The molecule has 0 amide bonds. The number of benzene rings is 1. The second-order valence-electron chi connectivity index (χ2n) is 3.68. The Kier molecular flexibility index (Phi) is 3.34. The van der Waals surface area contributed by atoms with Crippen molar-refractivity contribution in [3.63, 3.8) is 0 Å². The van der Waals surface area contributed by atoms with E-state index in [0.29, 0.717) is 0 Å². The van der Waals surface area contributed by atoms with Gasteiger partial charge >= 0.3 is 0 Å². The first-order valence-electron chi connectivity index (χ1n) is 5.55. The molecule has 1 N–H and O–H groups in total. The Balaban J connectivity index is 1.70. The molecule has 0 radical (unpaired) electrons. The van der Waals surface area contributed by atoms with Crippen LogP contribution in [0.5, 0.6) is 0 Å². The summed E-state index contributed by atoms with van der Waals surface area (Å²) in [6.45, 7) is 0.727. The summed E-state index contributed by atoms with van der Waals surface area (Å²) in [6, 6.07) is 10.2. The summed E-state index contributed by atoms with van der Waals surface area (Å²) in [7, 11) is 0. The quantitative estimate of drug-likeness (QED) is 0.784. The summed E-state index contributed by atoms with van der Waals surface area (Å²) in [5, 5.41) is 9.32. The SMILES string of the molecule is c1ccc(-c2csc(CNc3nccs3)n2)cc1. The fourth-order valence-electron chi connectivity index (χ4n) is 1.60. The second-order valence-corrected chi connectivity index (χ2v) is 5.52. The van der Waals surface area contributed by atoms with Gasteiger partial charge < -0.3 is 5.32 Å². The third kappa shape index (κ3) is 2.57.